The molecular weight excluding hydrogens is 395 g/mol. The number of ether oxygens (including phenoxy) is 1. The molecule has 0 saturated heterocycles. The molecule has 0 spiro atoms. The van der Waals surface area contributed by atoms with Gasteiger partial charge in [0.25, 0.3) is 5.91 Å². The third-order valence-electron chi connectivity index (χ3n) is 3.85. The fourth-order valence-corrected chi connectivity index (χ4v) is 2.54. The zero-order valence-electron chi connectivity index (χ0n) is 15.3. The van der Waals surface area contributed by atoms with Crippen molar-refractivity contribution in [2.45, 2.75) is 6.61 Å². The molecule has 0 aliphatic rings. The lowest BCUT2D eigenvalue weighted by Crippen LogP contribution is -2.16. The van der Waals surface area contributed by atoms with Crippen LogP contribution < -0.4 is 10.1 Å². The standard InChI is InChI=1S/C22H18ClFN2O3/c23-18-9-11-19(12-10-18)26-22(27)15-29-25-13-16-5-2-4-8-21(16)28-14-17-6-1-3-7-20(17)24/h1-13H,14-15H2,(H,26,27)/b25-13+. The quantitative estimate of drug-likeness (QED) is 0.416. The first-order chi connectivity index (χ1) is 14.1. The van der Waals surface area contributed by atoms with Crippen LogP contribution in [0.3, 0.4) is 0 Å². The fourth-order valence-electron chi connectivity index (χ4n) is 2.41. The molecule has 1 N–H and O–H groups in total. The molecule has 3 rings (SSSR count). The Hall–Kier alpha value is -3.38. The number of hydrogen-bond acceptors (Lipinski definition) is 4. The molecule has 29 heavy (non-hydrogen) atoms. The summed E-state index contributed by atoms with van der Waals surface area (Å²) in [6, 6.07) is 20.3. The average molecular weight is 413 g/mol. The number of hydrogen-bond donors (Lipinski definition) is 1. The van der Waals surface area contributed by atoms with Crippen LogP contribution in [-0.2, 0) is 16.2 Å². The van der Waals surface area contributed by atoms with Crippen LogP contribution in [-0.4, -0.2) is 18.7 Å². The van der Waals surface area contributed by atoms with Crippen LogP contribution >= 0.6 is 11.6 Å². The Balaban J connectivity index is 1.52. The number of amides is 1. The number of rotatable bonds is 8. The highest BCUT2D eigenvalue weighted by molar-refractivity contribution is 6.30. The van der Waals surface area contributed by atoms with E-state index >= 15 is 0 Å². The molecule has 0 aliphatic carbocycles. The zero-order valence-corrected chi connectivity index (χ0v) is 16.1. The van der Waals surface area contributed by atoms with Crippen LogP contribution in [0.1, 0.15) is 11.1 Å². The number of carbonyl (C=O) groups excluding carboxylic acids is 1. The zero-order chi connectivity index (χ0) is 20.5. The predicted octanol–water partition coefficient (Wildman–Crippen LogP) is 5.05. The van der Waals surface area contributed by atoms with Gasteiger partial charge in [0.05, 0.1) is 6.21 Å². The van der Waals surface area contributed by atoms with Gasteiger partial charge in [0.2, 0.25) is 0 Å². The van der Waals surface area contributed by atoms with E-state index in [1.165, 1.54) is 12.3 Å². The molecule has 3 aromatic rings. The second kappa shape index (κ2) is 10.2. The molecule has 0 aromatic heterocycles. The van der Waals surface area contributed by atoms with Crippen LogP contribution in [0.15, 0.2) is 78.0 Å². The summed E-state index contributed by atoms with van der Waals surface area (Å²) >= 11 is 5.80. The van der Waals surface area contributed by atoms with Gasteiger partial charge in [-0.05, 0) is 42.5 Å². The molecule has 0 heterocycles. The molecular formula is C22H18ClFN2O3. The SMILES string of the molecule is O=C(CO/N=C/c1ccccc1OCc1ccccc1F)Nc1ccc(Cl)cc1. The Kier molecular flexibility index (Phi) is 7.19. The van der Waals surface area contributed by atoms with Crippen molar-refractivity contribution < 1.29 is 18.8 Å². The molecule has 0 radical (unpaired) electrons. The molecule has 148 valence electrons. The first-order valence-electron chi connectivity index (χ1n) is 8.78. The number of carbonyl (C=O) groups is 1. The van der Waals surface area contributed by atoms with Crippen molar-refractivity contribution >= 4 is 29.4 Å². The molecule has 0 saturated carbocycles. The van der Waals surface area contributed by atoms with E-state index in [1.54, 1.807) is 60.7 Å². The minimum atomic E-state index is -0.353. The van der Waals surface area contributed by atoms with Gasteiger partial charge in [-0.15, -0.1) is 0 Å². The van der Waals surface area contributed by atoms with Crippen molar-refractivity contribution in [3.05, 3.63) is 94.8 Å². The van der Waals surface area contributed by atoms with Gasteiger partial charge in [-0.2, -0.15) is 0 Å². The number of para-hydroxylation sites is 1. The molecule has 3 aromatic carbocycles. The van der Waals surface area contributed by atoms with Crippen molar-refractivity contribution in [1.82, 2.24) is 0 Å². The van der Waals surface area contributed by atoms with Gasteiger partial charge in [-0.25, -0.2) is 4.39 Å². The molecule has 7 heteroatoms. The van der Waals surface area contributed by atoms with E-state index in [0.29, 0.717) is 27.6 Å². The van der Waals surface area contributed by atoms with E-state index in [0.717, 1.165) is 0 Å². The van der Waals surface area contributed by atoms with Crippen molar-refractivity contribution in [2.24, 2.45) is 5.16 Å². The molecule has 1 amide bonds. The second-order valence-corrected chi connectivity index (χ2v) is 6.42. The van der Waals surface area contributed by atoms with E-state index in [2.05, 4.69) is 10.5 Å². The monoisotopic (exact) mass is 412 g/mol. The Morgan fingerprint density at radius 2 is 1.76 bits per heavy atom. The van der Waals surface area contributed by atoms with Gasteiger partial charge >= 0.3 is 0 Å². The van der Waals surface area contributed by atoms with Gasteiger partial charge in [-0.1, -0.05) is 47.1 Å². The first-order valence-corrected chi connectivity index (χ1v) is 9.15. The summed E-state index contributed by atoms with van der Waals surface area (Å²) in [7, 11) is 0. The van der Waals surface area contributed by atoms with Gasteiger partial charge in [0.15, 0.2) is 6.61 Å². The smallest absolute Gasteiger partial charge is 0.265 e. The highest BCUT2D eigenvalue weighted by atomic mass is 35.5. The maximum Gasteiger partial charge on any atom is 0.265 e. The Morgan fingerprint density at radius 3 is 2.55 bits per heavy atom. The van der Waals surface area contributed by atoms with Crippen LogP contribution in [0.5, 0.6) is 5.75 Å². The first kappa shape index (κ1) is 20.4. The molecule has 0 unspecified atom stereocenters. The summed E-state index contributed by atoms with van der Waals surface area (Å²) in [5, 5.41) is 7.06. The third kappa shape index (κ3) is 6.33. The minimum absolute atomic E-state index is 0.0852. The molecule has 0 bridgehead atoms. The highest BCUT2D eigenvalue weighted by Crippen LogP contribution is 2.18. The van der Waals surface area contributed by atoms with Crippen LogP contribution in [0.25, 0.3) is 0 Å². The van der Waals surface area contributed by atoms with E-state index in [-0.39, 0.29) is 24.9 Å². The minimum Gasteiger partial charge on any atom is -0.488 e. The summed E-state index contributed by atoms with van der Waals surface area (Å²) in [5.41, 5.74) is 1.70. The largest absolute Gasteiger partial charge is 0.488 e. The maximum atomic E-state index is 13.7. The van der Waals surface area contributed by atoms with E-state index in [1.807, 2.05) is 6.07 Å². The number of oxime groups is 1. The Bertz CT molecular complexity index is 993. The van der Waals surface area contributed by atoms with Gasteiger partial charge in [-0.3, -0.25) is 4.79 Å². The van der Waals surface area contributed by atoms with E-state index < -0.39 is 0 Å². The van der Waals surface area contributed by atoms with Crippen molar-refractivity contribution in [3.63, 3.8) is 0 Å². The maximum absolute atomic E-state index is 13.7. The highest BCUT2D eigenvalue weighted by Gasteiger charge is 2.06. The lowest BCUT2D eigenvalue weighted by atomic mass is 10.2. The third-order valence-corrected chi connectivity index (χ3v) is 4.10. The van der Waals surface area contributed by atoms with Crippen molar-refractivity contribution in [3.8, 4) is 5.75 Å². The number of nitrogens with one attached hydrogen (secondary N) is 1. The summed E-state index contributed by atoms with van der Waals surface area (Å²) in [6.07, 6.45) is 1.44. The Labute approximate surface area is 172 Å². The predicted molar refractivity (Wildman–Crippen MR) is 111 cm³/mol. The Morgan fingerprint density at radius 1 is 1.03 bits per heavy atom. The number of benzene rings is 3. The summed E-state index contributed by atoms with van der Waals surface area (Å²) < 4.78 is 19.4. The van der Waals surface area contributed by atoms with Crippen LogP contribution in [0, 0.1) is 5.82 Å². The number of halogens is 2. The lowest BCUT2D eigenvalue weighted by Gasteiger charge is -2.09. The van der Waals surface area contributed by atoms with E-state index in [4.69, 9.17) is 21.2 Å². The lowest BCUT2D eigenvalue weighted by molar-refractivity contribution is -0.120. The van der Waals surface area contributed by atoms with Gasteiger partial charge in [0, 0.05) is 21.8 Å². The molecule has 5 nitrogen and oxygen atoms in total. The fraction of sp³-hybridized carbons (Fsp3) is 0.0909. The van der Waals surface area contributed by atoms with Crippen LogP contribution in [0.4, 0.5) is 10.1 Å². The summed E-state index contributed by atoms with van der Waals surface area (Å²) in [4.78, 5) is 16.9. The average Bonchev–Trinajstić information content (AvgIpc) is 2.73. The van der Waals surface area contributed by atoms with Crippen molar-refractivity contribution in [2.75, 3.05) is 11.9 Å². The van der Waals surface area contributed by atoms with Crippen molar-refractivity contribution in [1.29, 1.82) is 0 Å². The van der Waals surface area contributed by atoms with Crippen LogP contribution in [0.2, 0.25) is 5.02 Å². The normalized spacial score (nSPS) is 10.7. The molecule has 0 atom stereocenters. The second-order valence-electron chi connectivity index (χ2n) is 5.98. The molecule has 0 aliphatic heterocycles. The summed E-state index contributed by atoms with van der Waals surface area (Å²) in [6.45, 7) is -0.167. The summed E-state index contributed by atoms with van der Waals surface area (Å²) in [5.74, 6) is -0.157. The number of anilines is 1. The van der Waals surface area contributed by atoms with Gasteiger partial charge in [0.1, 0.15) is 18.2 Å². The number of nitrogens with zero attached hydrogens (tertiary/aromatic N) is 1. The molecule has 0 fully saturated rings. The van der Waals surface area contributed by atoms with Gasteiger partial charge < -0.3 is 14.9 Å². The van der Waals surface area contributed by atoms with E-state index in [9.17, 15) is 9.18 Å². The topological polar surface area (TPSA) is 59.9 Å².